The van der Waals surface area contributed by atoms with Crippen molar-refractivity contribution >= 4 is 16.5 Å². The molecule has 0 spiro atoms. The van der Waals surface area contributed by atoms with Gasteiger partial charge in [-0.25, -0.2) is 0 Å². The van der Waals surface area contributed by atoms with Gasteiger partial charge >= 0.3 is 0 Å². The van der Waals surface area contributed by atoms with Gasteiger partial charge in [0, 0.05) is 19.8 Å². The largest absolute Gasteiger partial charge is 0.384 e. The van der Waals surface area contributed by atoms with Gasteiger partial charge in [0.05, 0.1) is 0 Å². The van der Waals surface area contributed by atoms with Crippen molar-refractivity contribution in [1.82, 2.24) is 0 Å². The molecule has 1 atom stereocenters. The minimum absolute atomic E-state index is 0.592. The van der Waals surface area contributed by atoms with Gasteiger partial charge in [-0.15, -0.1) is 0 Å². The van der Waals surface area contributed by atoms with E-state index in [2.05, 4.69) is 24.3 Å². The Kier molecular flexibility index (Phi) is 3.63. The maximum atomic E-state index is 10.6. The minimum Gasteiger partial charge on any atom is -0.384 e. The highest BCUT2D eigenvalue weighted by Gasteiger charge is 2.11. The fourth-order valence-corrected chi connectivity index (χ4v) is 2.53. The Morgan fingerprint density at radius 3 is 2.05 bits per heavy atom. The van der Waals surface area contributed by atoms with Crippen molar-refractivity contribution in [3.8, 4) is 0 Å². The summed E-state index contributed by atoms with van der Waals surface area (Å²) < 4.78 is 0. The molecule has 0 bridgehead atoms. The van der Waals surface area contributed by atoms with Crippen molar-refractivity contribution in [3.63, 3.8) is 0 Å². The van der Waals surface area contributed by atoms with E-state index in [4.69, 9.17) is 0 Å². The number of fused-ring (bicyclic) bond motifs is 1. The minimum atomic E-state index is -0.592. The van der Waals surface area contributed by atoms with E-state index in [1.165, 1.54) is 5.39 Å². The van der Waals surface area contributed by atoms with Gasteiger partial charge in [-0.2, -0.15) is 0 Å². The van der Waals surface area contributed by atoms with Gasteiger partial charge in [0.2, 0.25) is 0 Å². The second kappa shape index (κ2) is 5.58. The predicted octanol–water partition coefficient (Wildman–Crippen LogP) is 3.99. The molecule has 0 aliphatic carbocycles. The number of anilines is 1. The van der Waals surface area contributed by atoms with Crippen LogP contribution in [0.5, 0.6) is 0 Å². The van der Waals surface area contributed by atoms with Crippen molar-refractivity contribution in [2.45, 2.75) is 6.10 Å². The average Bonchev–Trinajstić information content (AvgIpc) is 2.54. The van der Waals surface area contributed by atoms with Gasteiger partial charge in [-0.3, -0.25) is 0 Å². The van der Waals surface area contributed by atoms with Crippen LogP contribution in [0.25, 0.3) is 10.8 Å². The van der Waals surface area contributed by atoms with E-state index in [9.17, 15) is 5.11 Å². The van der Waals surface area contributed by atoms with Gasteiger partial charge in [-0.05, 0) is 40.1 Å². The molecule has 21 heavy (non-hydrogen) atoms. The lowest BCUT2D eigenvalue weighted by Crippen LogP contribution is -2.08. The Hall–Kier alpha value is -2.32. The second-order valence-electron chi connectivity index (χ2n) is 5.50. The molecule has 0 radical (unpaired) electrons. The molecule has 106 valence electrons. The third-order valence-electron chi connectivity index (χ3n) is 3.81. The number of hydrogen-bond donors (Lipinski definition) is 1. The van der Waals surface area contributed by atoms with Crippen molar-refractivity contribution in [2.24, 2.45) is 0 Å². The molecule has 0 fully saturated rings. The average molecular weight is 277 g/mol. The predicted molar refractivity (Wildman–Crippen MR) is 88.8 cm³/mol. The first-order valence-corrected chi connectivity index (χ1v) is 7.09. The molecule has 2 heteroatoms. The second-order valence-corrected chi connectivity index (χ2v) is 5.50. The molecule has 0 amide bonds. The Balaban J connectivity index is 1.93. The van der Waals surface area contributed by atoms with Crippen LogP contribution >= 0.6 is 0 Å². The lowest BCUT2D eigenvalue weighted by molar-refractivity contribution is 0.220. The maximum absolute atomic E-state index is 10.6. The number of benzene rings is 3. The number of rotatable bonds is 3. The van der Waals surface area contributed by atoms with E-state index in [-0.39, 0.29) is 0 Å². The van der Waals surface area contributed by atoms with Crippen LogP contribution in [-0.2, 0) is 0 Å². The number of aliphatic hydroxyl groups is 1. The van der Waals surface area contributed by atoms with Crippen LogP contribution in [0.15, 0.2) is 66.7 Å². The van der Waals surface area contributed by atoms with E-state index in [0.29, 0.717) is 0 Å². The molecule has 3 aromatic rings. The highest BCUT2D eigenvalue weighted by molar-refractivity contribution is 5.83. The van der Waals surface area contributed by atoms with E-state index in [0.717, 1.165) is 22.2 Å². The third kappa shape index (κ3) is 2.76. The fraction of sp³-hybridized carbons (Fsp3) is 0.158. The summed E-state index contributed by atoms with van der Waals surface area (Å²) in [5.41, 5.74) is 2.96. The van der Waals surface area contributed by atoms with Crippen molar-refractivity contribution in [1.29, 1.82) is 0 Å². The molecule has 0 heterocycles. The van der Waals surface area contributed by atoms with Gasteiger partial charge in [0.25, 0.3) is 0 Å². The third-order valence-corrected chi connectivity index (χ3v) is 3.81. The smallest absolute Gasteiger partial charge is 0.104 e. The molecule has 0 saturated carbocycles. The van der Waals surface area contributed by atoms with Crippen LogP contribution in [0.2, 0.25) is 0 Å². The summed E-state index contributed by atoms with van der Waals surface area (Å²) in [4.78, 5) is 2.05. The fourth-order valence-electron chi connectivity index (χ4n) is 2.53. The van der Waals surface area contributed by atoms with Crippen molar-refractivity contribution in [3.05, 3.63) is 77.9 Å². The van der Waals surface area contributed by atoms with Crippen LogP contribution < -0.4 is 4.90 Å². The van der Waals surface area contributed by atoms with Crippen LogP contribution in [0.1, 0.15) is 17.2 Å². The first-order valence-electron chi connectivity index (χ1n) is 7.09. The molecule has 3 aromatic carbocycles. The van der Waals surface area contributed by atoms with E-state index >= 15 is 0 Å². The first kappa shape index (κ1) is 13.7. The van der Waals surface area contributed by atoms with Crippen LogP contribution in [0, 0.1) is 0 Å². The van der Waals surface area contributed by atoms with Gasteiger partial charge in [0.15, 0.2) is 0 Å². The van der Waals surface area contributed by atoms with Gasteiger partial charge in [-0.1, -0.05) is 48.5 Å². The first-order chi connectivity index (χ1) is 10.1. The quantitative estimate of drug-likeness (QED) is 0.782. The summed E-state index contributed by atoms with van der Waals surface area (Å²) in [5.74, 6) is 0. The molecule has 1 unspecified atom stereocenters. The Bertz CT molecular complexity index is 747. The SMILES string of the molecule is CN(C)c1ccc(C(O)c2ccc3ccccc3c2)cc1. The highest BCUT2D eigenvalue weighted by atomic mass is 16.3. The van der Waals surface area contributed by atoms with Crippen LogP contribution in [0.3, 0.4) is 0 Å². The lowest BCUT2D eigenvalue weighted by Gasteiger charge is -2.16. The number of hydrogen-bond acceptors (Lipinski definition) is 2. The summed E-state index contributed by atoms with van der Waals surface area (Å²) in [6.45, 7) is 0. The molecule has 1 N–H and O–H groups in total. The molecular formula is C19H19NO. The van der Waals surface area contributed by atoms with E-state index in [1.807, 2.05) is 61.5 Å². The monoisotopic (exact) mass is 277 g/mol. The van der Waals surface area contributed by atoms with Crippen molar-refractivity contribution in [2.75, 3.05) is 19.0 Å². The van der Waals surface area contributed by atoms with Gasteiger partial charge < -0.3 is 10.0 Å². The summed E-state index contributed by atoms with van der Waals surface area (Å²) in [5, 5.41) is 12.9. The van der Waals surface area contributed by atoms with Crippen LogP contribution in [0.4, 0.5) is 5.69 Å². The standard InChI is InChI=1S/C19H19NO/c1-20(2)18-11-9-15(10-12-18)19(21)17-8-7-14-5-3-4-6-16(14)13-17/h3-13,19,21H,1-2H3. The molecule has 2 nitrogen and oxygen atoms in total. The summed E-state index contributed by atoms with van der Waals surface area (Å²) in [6.07, 6.45) is -0.592. The van der Waals surface area contributed by atoms with Gasteiger partial charge in [0.1, 0.15) is 6.10 Å². The summed E-state index contributed by atoms with van der Waals surface area (Å²) in [6, 6.07) is 22.3. The Morgan fingerprint density at radius 1 is 0.762 bits per heavy atom. The zero-order valence-corrected chi connectivity index (χ0v) is 12.3. The molecule has 0 saturated heterocycles. The molecule has 3 rings (SSSR count). The summed E-state index contributed by atoms with van der Waals surface area (Å²) in [7, 11) is 4.02. The van der Waals surface area contributed by atoms with E-state index < -0.39 is 6.10 Å². The molecule has 0 aromatic heterocycles. The Morgan fingerprint density at radius 2 is 1.38 bits per heavy atom. The maximum Gasteiger partial charge on any atom is 0.104 e. The summed E-state index contributed by atoms with van der Waals surface area (Å²) >= 11 is 0. The van der Waals surface area contributed by atoms with E-state index in [1.54, 1.807) is 0 Å². The Labute approximate surface area is 125 Å². The molecule has 0 aliphatic heterocycles. The number of nitrogens with zero attached hydrogens (tertiary/aromatic N) is 1. The number of aliphatic hydroxyl groups excluding tert-OH is 1. The topological polar surface area (TPSA) is 23.5 Å². The molecule has 0 aliphatic rings. The highest BCUT2D eigenvalue weighted by Crippen LogP contribution is 2.26. The van der Waals surface area contributed by atoms with Crippen molar-refractivity contribution < 1.29 is 5.11 Å². The van der Waals surface area contributed by atoms with Crippen LogP contribution in [-0.4, -0.2) is 19.2 Å². The normalized spacial score (nSPS) is 12.3. The lowest BCUT2D eigenvalue weighted by atomic mass is 9.98. The zero-order chi connectivity index (χ0) is 14.8. The zero-order valence-electron chi connectivity index (χ0n) is 12.3. The molecular weight excluding hydrogens is 258 g/mol.